The third-order valence-electron chi connectivity index (χ3n) is 2.85. The summed E-state index contributed by atoms with van der Waals surface area (Å²) in [7, 11) is 1.92. The van der Waals surface area contributed by atoms with Crippen molar-refractivity contribution in [2.24, 2.45) is 18.8 Å². The Morgan fingerprint density at radius 1 is 1.80 bits per heavy atom. The lowest BCUT2D eigenvalue weighted by atomic mass is 9.97. The van der Waals surface area contributed by atoms with E-state index in [0.717, 1.165) is 29.8 Å². The number of nitrogens with two attached hydrogens (primary N) is 1. The first-order valence-electron chi connectivity index (χ1n) is 4.95. The molecule has 2 rings (SSSR count). The average molecular weight is 275 g/mol. The number of rotatable bonds is 3. The Morgan fingerprint density at radius 3 is 3.07 bits per heavy atom. The number of aromatic nitrogens is 2. The fourth-order valence-electron chi connectivity index (χ4n) is 2.02. The van der Waals surface area contributed by atoms with E-state index < -0.39 is 0 Å². The Hall–Kier alpha value is -0.430. The van der Waals surface area contributed by atoms with Crippen LogP contribution in [0.1, 0.15) is 18.2 Å². The second-order valence-corrected chi connectivity index (χ2v) is 4.62. The van der Waals surface area contributed by atoms with Crippen molar-refractivity contribution in [2.45, 2.75) is 12.5 Å². The first-order chi connectivity index (χ1) is 7.24. The van der Waals surface area contributed by atoms with E-state index in [9.17, 15) is 0 Å². The minimum absolute atomic E-state index is 0.0920. The largest absolute Gasteiger partial charge is 0.381 e. The van der Waals surface area contributed by atoms with Crippen LogP contribution in [0.15, 0.2) is 10.7 Å². The molecule has 3 N–H and O–H groups in total. The van der Waals surface area contributed by atoms with Gasteiger partial charge in [0, 0.05) is 19.6 Å². The maximum atomic E-state index is 5.61. The molecule has 1 aliphatic heterocycles. The van der Waals surface area contributed by atoms with Gasteiger partial charge in [-0.05, 0) is 22.4 Å². The maximum absolute atomic E-state index is 5.61. The van der Waals surface area contributed by atoms with Gasteiger partial charge in [0.25, 0.3) is 0 Å². The Bertz CT molecular complexity index is 315. The molecule has 1 fully saturated rings. The highest BCUT2D eigenvalue weighted by Gasteiger charge is 2.29. The van der Waals surface area contributed by atoms with Crippen molar-refractivity contribution in [3.8, 4) is 0 Å². The first-order valence-corrected chi connectivity index (χ1v) is 5.74. The third kappa shape index (κ3) is 2.08. The van der Waals surface area contributed by atoms with E-state index in [1.54, 1.807) is 6.20 Å². The summed E-state index contributed by atoms with van der Waals surface area (Å²) in [6, 6.07) is 0.0920. The summed E-state index contributed by atoms with van der Waals surface area (Å²) in [5.74, 6) is 6.03. The Labute approximate surface area is 97.1 Å². The molecule has 0 saturated carbocycles. The topological polar surface area (TPSA) is 65.1 Å². The second-order valence-electron chi connectivity index (χ2n) is 3.77. The van der Waals surface area contributed by atoms with Gasteiger partial charge in [-0.15, -0.1) is 0 Å². The predicted octanol–water partition coefficient (Wildman–Crippen LogP) is 0.724. The number of ether oxygens (including phenoxy) is 1. The van der Waals surface area contributed by atoms with E-state index in [1.165, 1.54) is 0 Å². The highest BCUT2D eigenvalue weighted by Crippen LogP contribution is 2.31. The van der Waals surface area contributed by atoms with E-state index in [0.29, 0.717) is 5.92 Å². The fourth-order valence-corrected chi connectivity index (χ4v) is 2.62. The molecule has 5 nitrogen and oxygen atoms in total. The molecule has 15 heavy (non-hydrogen) atoms. The summed E-state index contributed by atoms with van der Waals surface area (Å²) in [4.78, 5) is 0. The average Bonchev–Trinajstić information content (AvgIpc) is 2.83. The zero-order valence-corrected chi connectivity index (χ0v) is 10.2. The van der Waals surface area contributed by atoms with Crippen molar-refractivity contribution in [2.75, 3.05) is 13.2 Å². The fraction of sp³-hybridized carbons (Fsp3) is 0.667. The highest BCUT2D eigenvalue weighted by molar-refractivity contribution is 9.10. The first kappa shape index (κ1) is 11.1. The molecule has 0 spiro atoms. The van der Waals surface area contributed by atoms with Crippen LogP contribution in [-0.4, -0.2) is 23.0 Å². The molecule has 0 aliphatic carbocycles. The van der Waals surface area contributed by atoms with E-state index in [4.69, 9.17) is 10.6 Å². The van der Waals surface area contributed by atoms with Crippen LogP contribution in [0.25, 0.3) is 0 Å². The van der Waals surface area contributed by atoms with Gasteiger partial charge in [0.05, 0.1) is 29.0 Å². The molecule has 2 atom stereocenters. The molecule has 2 heterocycles. The van der Waals surface area contributed by atoms with Gasteiger partial charge in [0.15, 0.2) is 0 Å². The molecular weight excluding hydrogens is 260 g/mol. The summed E-state index contributed by atoms with van der Waals surface area (Å²) < 4.78 is 8.20. The normalized spacial score (nSPS) is 23.3. The number of aryl methyl sites for hydroxylation is 1. The lowest BCUT2D eigenvalue weighted by molar-refractivity contribution is 0.175. The van der Waals surface area contributed by atoms with Crippen LogP contribution in [-0.2, 0) is 11.8 Å². The summed E-state index contributed by atoms with van der Waals surface area (Å²) >= 11 is 3.49. The van der Waals surface area contributed by atoms with Crippen LogP contribution < -0.4 is 11.3 Å². The summed E-state index contributed by atoms with van der Waals surface area (Å²) in [5, 5.41) is 4.19. The van der Waals surface area contributed by atoms with Gasteiger partial charge in [-0.3, -0.25) is 16.0 Å². The van der Waals surface area contributed by atoms with Gasteiger partial charge in [0.2, 0.25) is 0 Å². The molecule has 1 aromatic heterocycles. The van der Waals surface area contributed by atoms with Crippen molar-refractivity contribution < 1.29 is 4.74 Å². The lowest BCUT2D eigenvalue weighted by Gasteiger charge is -2.22. The summed E-state index contributed by atoms with van der Waals surface area (Å²) in [6.07, 6.45) is 2.82. The lowest BCUT2D eigenvalue weighted by Crippen LogP contribution is -2.35. The van der Waals surface area contributed by atoms with Crippen LogP contribution in [0.5, 0.6) is 0 Å². The minimum Gasteiger partial charge on any atom is -0.381 e. The zero-order valence-electron chi connectivity index (χ0n) is 8.61. The number of halogens is 1. The van der Waals surface area contributed by atoms with Crippen molar-refractivity contribution in [1.29, 1.82) is 0 Å². The predicted molar refractivity (Wildman–Crippen MR) is 59.9 cm³/mol. The van der Waals surface area contributed by atoms with Crippen LogP contribution in [0.2, 0.25) is 0 Å². The van der Waals surface area contributed by atoms with E-state index in [-0.39, 0.29) is 6.04 Å². The molecule has 6 heteroatoms. The van der Waals surface area contributed by atoms with Crippen LogP contribution in [0.4, 0.5) is 0 Å². The Balaban J connectivity index is 2.25. The van der Waals surface area contributed by atoms with Crippen molar-refractivity contribution >= 4 is 15.9 Å². The standard InChI is InChI=1S/C9H15BrN4O/c1-14-9(7(10)4-12-14)8(13-11)6-2-3-15-5-6/h4,6,8,13H,2-3,5,11H2,1H3. The number of nitrogens with zero attached hydrogens (tertiary/aromatic N) is 2. The van der Waals surface area contributed by atoms with Crippen molar-refractivity contribution in [3.05, 3.63) is 16.4 Å². The minimum atomic E-state index is 0.0920. The molecule has 0 bridgehead atoms. The third-order valence-corrected chi connectivity index (χ3v) is 3.46. The second kappa shape index (κ2) is 4.61. The van der Waals surface area contributed by atoms with Gasteiger partial charge in [-0.25, -0.2) is 0 Å². The van der Waals surface area contributed by atoms with E-state index >= 15 is 0 Å². The maximum Gasteiger partial charge on any atom is 0.0709 e. The molecule has 0 amide bonds. The Kier molecular flexibility index (Phi) is 3.40. The Morgan fingerprint density at radius 2 is 2.60 bits per heavy atom. The molecular formula is C9H15BrN4O. The zero-order chi connectivity index (χ0) is 10.8. The van der Waals surface area contributed by atoms with Crippen molar-refractivity contribution in [3.63, 3.8) is 0 Å². The number of hydrazine groups is 1. The molecule has 84 valence electrons. The van der Waals surface area contributed by atoms with Gasteiger partial charge in [-0.2, -0.15) is 5.10 Å². The molecule has 1 aliphatic rings. The van der Waals surface area contributed by atoms with Gasteiger partial charge in [0.1, 0.15) is 0 Å². The van der Waals surface area contributed by atoms with Gasteiger partial charge < -0.3 is 4.74 Å². The van der Waals surface area contributed by atoms with E-state index in [2.05, 4.69) is 26.5 Å². The molecule has 2 unspecified atom stereocenters. The number of nitrogens with one attached hydrogen (secondary N) is 1. The number of hydrogen-bond donors (Lipinski definition) is 2. The summed E-state index contributed by atoms with van der Waals surface area (Å²) in [5.41, 5.74) is 3.93. The molecule has 1 aromatic rings. The monoisotopic (exact) mass is 274 g/mol. The quantitative estimate of drug-likeness (QED) is 0.630. The van der Waals surface area contributed by atoms with E-state index in [1.807, 2.05) is 11.7 Å². The SMILES string of the molecule is Cn1ncc(Br)c1C(NN)C1CCOC1. The summed E-state index contributed by atoms with van der Waals surface area (Å²) in [6.45, 7) is 1.57. The van der Waals surface area contributed by atoms with Gasteiger partial charge in [-0.1, -0.05) is 0 Å². The van der Waals surface area contributed by atoms with Crippen molar-refractivity contribution in [1.82, 2.24) is 15.2 Å². The molecule has 0 radical (unpaired) electrons. The molecule has 0 aromatic carbocycles. The van der Waals surface area contributed by atoms with Crippen LogP contribution in [0.3, 0.4) is 0 Å². The highest BCUT2D eigenvalue weighted by atomic mass is 79.9. The smallest absolute Gasteiger partial charge is 0.0709 e. The number of hydrogen-bond acceptors (Lipinski definition) is 4. The van der Waals surface area contributed by atoms with Gasteiger partial charge >= 0.3 is 0 Å². The molecule has 1 saturated heterocycles. The van der Waals surface area contributed by atoms with Crippen LogP contribution in [0, 0.1) is 5.92 Å². The van der Waals surface area contributed by atoms with Crippen LogP contribution >= 0.6 is 15.9 Å².